The molecule has 16 nitrogen and oxygen atoms in total. The van der Waals surface area contributed by atoms with Crippen LogP contribution in [-0.2, 0) is 0 Å². The number of rotatable bonds is 16. The van der Waals surface area contributed by atoms with Crippen LogP contribution in [0.2, 0.25) is 0 Å². The third-order valence-corrected chi connectivity index (χ3v) is 14.1. The van der Waals surface area contributed by atoms with E-state index in [0.717, 1.165) is 96.2 Å². The van der Waals surface area contributed by atoms with Gasteiger partial charge in [0.05, 0.1) is 99.2 Å². The van der Waals surface area contributed by atoms with E-state index in [9.17, 15) is 35.9 Å². The van der Waals surface area contributed by atoms with E-state index >= 15 is 0 Å². The van der Waals surface area contributed by atoms with Crippen LogP contribution in [0.3, 0.4) is 0 Å². The van der Waals surface area contributed by atoms with Gasteiger partial charge < -0.3 is 29.2 Å². The molecule has 2 aliphatic rings. The van der Waals surface area contributed by atoms with Gasteiger partial charge >= 0.3 is 12.4 Å². The summed E-state index contributed by atoms with van der Waals surface area (Å²) in [7, 11) is 7.59. The second-order valence-electron chi connectivity index (χ2n) is 19.1. The van der Waals surface area contributed by atoms with Crippen molar-refractivity contribution < 1.29 is 54.9 Å². The van der Waals surface area contributed by atoms with Crippen molar-refractivity contribution in [1.82, 2.24) is 48.9 Å². The largest absolute Gasteiger partial charge is 0.496 e. The number of ether oxygens (including phenoxy) is 4. The van der Waals surface area contributed by atoms with Crippen LogP contribution in [-0.4, -0.2) is 129 Å². The number of hydrogen-bond acceptors (Lipinski definition) is 12. The number of Topliss-reactive ketones (excluding diaryl/α,β-unsaturated/α-hetero) is 2. The Bertz CT molecular complexity index is 3330. The molecule has 1 N–H and O–H groups in total. The lowest BCUT2D eigenvalue weighted by molar-refractivity contribution is -0.134. The van der Waals surface area contributed by atoms with Crippen LogP contribution < -0.4 is 24.3 Å². The van der Waals surface area contributed by atoms with Crippen molar-refractivity contribution >= 4 is 33.6 Å². The van der Waals surface area contributed by atoms with Gasteiger partial charge in [-0.2, -0.15) is 36.5 Å². The molecule has 22 heteroatoms. The van der Waals surface area contributed by atoms with Gasteiger partial charge in [-0.05, 0) is 94.3 Å². The Labute approximate surface area is 439 Å². The zero-order valence-corrected chi connectivity index (χ0v) is 43.1. The number of alkyl halides is 6. The minimum absolute atomic E-state index is 0.0127. The van der Waals surface area contributed by atoms with Crippen LogP contribution >= 0.6 is 0 Å². The first kappa shape index (κ1) is 54.1. The van der Waals surface area contributed by atoms with Gasteiger partial charge in [0.15, 0.2) is 11.6 Å². The third kappa shape index (κ3) is 12.3. The molecular weight excluding hydrogens is 1010 g/mol. The van der Waals surface area contributed by atoms with Crippen LogP contribution in [0, 0.1) is 0 Å². The number of imidazole rings is 2. The number of likely N-dealkylation sites (tertiary alicyclic amines) is 1. The molecule has 0 spiro atoms. The van der Waals surface area contributed by atoms with Crippen LogP contribution in [0.1, 0.15) is 84.2 Å². The summed E-state index contributed by atoms with van der Waals surface area (Å²) >= 11 is 0. The maximum Gasteiger partial charge on any atom is 0.389 e. The Morgan fingerprint density at radius 2 is 0.961 bits per heavy atom. The van der Waals surface area contributed by atoms with Crippen molar-refractivity contribution in [3.63, 3.8) is 0 Å². The second-order valence-corrected chi connectivity index (χ2v) is 19.1. The maximum atomic E-state index is 12.7. The standard InChI is InChI=1S/C28H30F3N5O3.C27H28F3N5O3/c1-34-10-7-20(8-11-34)36-16-19(15-33-36)18-4-5-23-22(12-18)32-17-35(23)21-13-25(38-2)27(26(14-21)39-3)24(37)6-9-28(29,30)31;1-37-24-12-20(13-25(38-2)26(24)23(36)5-8-27(28,29)30)34-16-32-21-11-17(3-4-22(21)34)18-14-33-35(15-18)19-6-9-31-10-7-19/h4-5,12-17,20H,6-11H2,1-3H3;3-4,11-16,19,31H,5-10H2,1-2H3. The van der Waals surface area contributed by atoms with E-state index < -0.39 is 49.6 Å². The zero-order chi connectivity index (χ0) is 54.6. The SMILES string of the molecule is COc1cc(-n2cnc3cc(-c4cnn(C5CCN(C)CC5)c4)ccc32)cc(OC)c1C(=O)CCC(F)(F)F.COc1cc(-n2cnc3cc(-c4cnn(C5CCNCC5)c4)ccc32)cc(OC)c1C(=O)CCC(F)(F)F. The molecule has 0 aliphatic carbocycles. The fourth-order valence-corrected chi connectivity index (χ4v) is 9.88. The molecule has 2 saturated heterocycles. The number of benzene rings is 4. The molecule has 406 valence electrons. The number of hydrogen-bond donors (Lipinski definition) is 1. The average Bonchev–Trinajstić information content (AvgIpc) is 4.30. The quantitative estimate of drug-likeness (QED) is 0.0722. The van der Waals surface area contributed by atoms with Gasteiger partial charge in [-0.1, -0.05) is 12.1 Å². The lowest BCUT2D eigenvalue weighted by atomic mass is 10.0. The summed E-state index contributed by atoms with van der Waals surface area (Å²) < 4.78 is 105. The van der Waals surface area contributed by atoms with Gasteiger partial charge in [-0.3, -0.25) is 28.1 Å². The van der Waals surface area contributed by atoms with E-state index in [4.69, 9.17) is 18.9 Å². The molecule has 0 unspecified atom stereocenters. The number of halogens is 6. The molecular formula is C55H58F6N10O6. The molecule has 0 atom stereocenters. The summed E-state index contributed by atoms with van der Waals surface area (Å²) in [5, 5.41) is 12.6. The molecule has 6 heterocycles. The molecule has 4 aromatic heterocycles. The topological polar surface area (TPSA) is 158 Å². The molecule has 8 aromatic rings. The van der Waals surface area contributed by atoms with Crippen LogP contribution in [0.5, 0.6) is 23.0 Å². The van der Waals surface area contributed by atoms with Crippen molar-refractivity contribution in [2.45, 2.75) is 75.8 Å². The minimum atomic E-state index is -4.43. The molecule has 0 radical (unpaired) electrons. The number of nitrogens with zero attached hydrogens (tertiary/aromatic N) is 9. The molecule has 0 bridgehead atoms. The summed E-state index contributed by atoms with van der Waals surface area (Å²) in [4.78, 5) is 36.8. The highest BCUT2D eigenvalue weighted by Crippen LogP contribution is 2.39. The van der Waals surface area contributed by atoms with E-state index in [2.05, 4.69) is 54.5 Å². The van der Waals surface area contributed by atoms with E-state index in [-0.39, 0.29) is 34.1 Å². The zero-order valence-electron chi connectivity index (χ0n) is 43.1. The first-order chi connectivity index (χ1) is 36.9. The fraction of sp³-hybridized carbons (Fsp3) is 0.382. The minimum Gasteiger partial charge on any atom is -0.496 e. The predicted octanol–water partition coefficient (Wildman–Crippen LogP) is 11.1. The monoisotopic (exact) mass is 1070 g/mol. The fourth-order valence-electron chi connectivity index (χ4n) is 9.88. The number of ketones is 2. The third-order valence-electron chi connectivity index (χ3n) is 14.1. The number of aromatic nitrogens is 8. The van der Waals surface area contributed by atoms with E-state index in [1.54, 1.807) is 36.9 Å². The van der Waals surface area contributed by atoms with Crippen molar-refractivity contribution in [1.29, 1.82) is 0 Å². The highest BCUT2D eigenvalue weighted by Gasteiger charge is 2.32. The second kappa shape index (κ2) is 22.9. The van der Waals surface area contributed by atoms with E-state index in [1.807, 2.05) is 62.6 Å². The van der Waals surface area contributed by atoms with E-state index in [0.29, 0.717) is 23.5 Å². The Kier molecular flexibility index (Phi) is 16.1. The van der Waals surface area contributed by atoms with Crippen LogP contribution in [0.25, 0.3) is 55.7 Å². The first-order valence-electron chi connectivity index (χ1n) is 25.1. The predicted molar refractivity (Wildman–Crippen MR) is 277 cm³/mol. The summed E-state index contributed by atoms with van der Waals surface area (Å²) in [6.07, 6.45) is 2.73. The number of fused-ring (bicyclic) bond motifs is 2. The molecule has 2 aliphatic heterocycles. The molecule has 10 rings (SSSR count). The van der Waals surface area contributed by atoms with Gasteiger partial charge in [0.1, 0.15) is 46.8 Å². The molecule has 0 amide bonds. The van der Waals surface area contributed by atoms with Crippen molar-refractivity contribution in [2.24, 2.45) is 0 Å². The normalized spacial score (nSPS) is 14.9. The molecule has 0 saturated carbocycles. The number of carbonyl (C=O) groups excluding carboxylic acids is 2. The maximum absolute atomic E-state index is 12.7. The van der Waals surface area contributed by atoms with Gasteiger partial charge in [-0.15, -0.1) is 0 Å². The highest BCUT2D eigenvalue weighted by molar-refractivity contribution is 6.02. The van der Waals surface area contributed by atoms with Gasteiger partial charge in [0.25, 0.3) is 0 Å². The Hall–Kier alpha value is -7.72. The number of piperidine rings is 2. The molecule has 4 aromatic carbocycles. The molecule has 77 heavy (non-hydrogen) atoms. The van der Waals surface area contributed by atoms with E-state index in [1.165, 1.54) is 28.4 Å². The van der Waals surface area contributed by atoms with Crippen molar-refractivity contribution in [2.75, 3.05) is 61.7 Å². The summed E-state index contributed by atoms with van der Waals surface area (Å²) in [6, 6.07) is 19.1. The smallest absolute Gasteiger partial charge is 0.389 e. The van der Waals surface area contributed by atoms with Crippen LogP contribution in [0.4, 0.5) is 26.3 Å². The van der Waals surface area contributed by atoms with Gasteiger partial charge in [0, 0.05) is 60.6 Å². The van der Waals surface area contributed by atoms with Crippen LogP contribution in [0.15, 0.2) is 98.1 Å². The Morgan fingerprint density at radius 3 is 1.34 bits per heavy atom. The summed E-state index contributed by atoms with van der Waals surface area (Å²) in [6.45, 7) is 4.09. The summed E-state index contributed by atoms with van der Waals surface area (Å²) in [5.41, 5.74) is 8.28. The van der Waals surface area contributed by atoms with Crippen molar-refractivity contribution in [3.8, 4) is 56.6 Å². The summed E-state index contributed by atoms with van der Waals surface area (Å²) in [5.74, 6) is -0.862. The highest BCUT2D eigenvalue weighted by atomic mass is 19.4. The lowest BCUT2D eigenvalue weighted by Gasteiger charge is -2.28. The Morgan fingerprint density at radius 1 is 0.571 bits per heavy atom. The molecule has 2 fully saturated rings. The first-order valence-corrected chi connectivity index (χ1v) is 25.1. The lowest BCUT2D eigenvalue weighted by Crippen LogP contribution is -2.31. The number of carbonyl (C=O) groups is 2. The number of methoxy groups -OCH3 is 4. The Balaban J connectivity index is 0.000000188. The average molecular weight is 1070 g/mol. The van der Waals surface area contributed by atoms with Gasteiger partial charge in [0.2, 0.25) is 0 Å². The van der Waals surface area contributed by atoms with Gasteiger partial charge in [-0.25, -0.2) is 9.97 Å². The number of nitrogens with one attached hydrogen (secondary N) is 1. The van der Waals surface area contributed by atoms with Crippen molar-refractivity contribution in [3.05, 3.63) is 109 Å².